The molecule has 27 heavy (non-hydrogen) atoms. The van der Waals surface area contributed by atoms with Crippen molar-refractivity contribution in [1.82, 2.24) is 19.4 Å². The quantitative estimate of drug-likeness (QED) is 0.625. The lowest BCUT2D eigenvalue weighted by Crippen LogP contribution is -2.28. The summed E-state index contributed by atoms with van der Waals surface area (Å²) in [7, 11) is 1.86. The topological polar surface area (TPSA) is 47.6 Å². The maximum Gasteiger partial charge on any atom is 0.479 e. The average Bonchev–Trinajstić information content (AvgIpc) is 3.25. The van der Waals surface area contributed by atoms with Gasteiger partial charge in [-0.05, 0) is 12.1 Å². The van der Waals surface area contributed by atoms with Crippen LogP contribution in [0.5, 0.6) is 0 Å². The smallest absolute Gasteiger partial charge is 0.422 e. The first kappa shape index (κ1) is 17.8. The van der Waals surface area contributed by atoms with Gasteiger partial charge in [0.2, 0.25) is 0 Å². The molecule has 0 unspecified atom stereocenters. The molecule has 0 N–H and O–H groups in total. The number of fused-ring (bicyclic) bond motifs is 1. The van der Waals surface area contributed by atoms with Crippen molar-refractivity contribution in [3.63, 3.8) is 0 Å². The minimum Gasteiger partial charge on any atom is -0.422 e. The number of pyridine rings is 1. The van der Waals surface area contributed by atoms with Crippen LogP contribution in [0.2, 0.25) is 0 Å². The number of halogens is 3. The number of alkyl halides is 3. The largest absolute Gasteiger partial charge is 0.479 e. The zero-order chi connectivity index (χ0) is 19.0. The van der Waals surface area contributed by atoms with Crippen molar-refractivity contribution < 1.29 is 17.4 Å². The zero-order valence-corrected chi connectivity index (χ0v) is 15.2. The highest BCUT2D eigenvalue weighted by atomic mass is 32.2. The highest BCUT2D eigenvalue weighted by molar-refractivity contribution is 7.95. The van der Waals surface area contributed by atoms with Gasteiger partial charge in [0.25, 0.3) is 0 Å². The number of aryl methyl sites for hydroxylation is 1. The molecule has 10 heteroatoms. The first-order valence-corrected chi connectivity index (χ1v) is 8.96. The van der Waals surface area contributed by atoms with Gasteiger partial charge in [-0.15, -0.1) is 0 Å². The minimum atomic E-state index is -4.40. The average molecular weight is 395 g/mol. The Labute approximate surface area is 157 Å². The minimum absolute atomic E-state index is 0.351. The van der Waals surface area contributed by atoms with E-state index in [0.29, 0.717) is 25.3 Å². The van der Waals surface area contributed by atoms with E-state index in [2.05, 4.69) is 15.1 Å². The molecule has 3 aromatic rings. The Morgan fingerprint density at radius 1 is 1.11 bits per heavy atom. The fraction of sp³-hybridized carbons (Fsp3) is 0.294. The molecule has 4 rings (SSSR count). The molecule has 0 radical (unpaired) electrons. The van der Waals surface area contributed by atoms with Crippen molar-refractivity contribution in [3.8, 4) is 11.1 Å². The van der Waals surface area contributed by atoms with Gasteiger partial charge in [0.15, 0.2) is 12.0 Å². The second kappa shape index (κ2) is 6.84. The van der Waals surface area contributed by atoms with E-state index in [-0.39, 0.29) is 0 Å². The SMILES string of the molecule is Cn1cc(-c2ccc3c(N4CC=C(OSC(F)(F)F)CC4)cnn3c2)cn1. The van der Waals surface area contributed by atoms with Crippen LogP contribution in [0.15, 0.2) is 48.8 Å². The van der Waals surface area contributed by atoms with Crippen molar-refractivity contribution in [2.45, 2.75) is 11.9 Å². The summed E-state index contributed by atoms with van der Waals surface area (Å²) in [5.41, 5.74) is -0.520. The molecule has 0 atom stereocenters. The Morgan fingerprint density at radius 3 is 2.63 bits per heavy atom. The van der Waals surface area contributed by atoms with Crippen molar-refractivity contribution in [1.29, 1.82) is 0 Å². The van der Waals surface area contributed by atoms with Gasteiger partial charge < -0.3 is 9.08 Å². The van der Waals surface area contributed by atoms with Crippen LogP contribution in [0, 0.1) is 0 Å². The van der Waals surface area contributed by atoms with E-state index in [1.165, 1.54) is 0 Å². The number of aromatic nitrogens is 4. The van der Waals surface area contributed by atoms with E-state index in [1.807, 2.05) is 31.6 Å². The zero-order valence-electron chi connectivity index (χ0n) is 14.3. The van der Waals surface area contributed by atoms with Gasteiger partial charge in [-0.1, -0.05) is 6.07 Å². The maximum atomic E-state index is 12.2. The molecule has 0 fully saturated rings. The van der Waals surface area contributed by atoms with Gasteiger partial charge in [0.05, 0.1) is 23.6 Å². The van der Waals surface area contributed by atoms with Crippen LogP contribution in [-0.2, 0) is 11.2 Å². The fourth-order valence-corrected chi connectivity index (χ4v) is 3.35. The van der Waals surface area contributed by atoms with Crippen LogP contribution in [0.25, 0.3) is 16.6 Å². The van der Waals surface area contributed by atoms with Crippen LogP contribution in [0.1, 0.15) is 6.42 Å². The Bertz CT molecular complexity index is 994. The van der Waals surface area contributed by atoms with E-state index in [4.69, 9.17) is 4.18 Å². The summed E-state index contributed by atoms with van der Waals surface area (Å²) in [4.78, 5) is 2.07. The standard InChI is InChI=1S/C17H16F3N5OS/c1-23-10-13(8-21-23)12-2-3-15-16(9-22-25(15)11-12)24-6-4-14(5-7-24)26-27-17(18,19)20/h2-4,8-11H,5-7H2,1H3. The number of nitrogens with zero attached hydrogens (tertiary/aromatic N) is 5. The number of hydrogen-bond acceptors (Lipinski definition) is 5. The Morgan fingerprint density at radius 2 is 1.96 bits per heavy atom. The molecule has 3 aromatic heterocycles. The third-order valence-electron chi connectivity index (χ3n) is 4.29. The molecule has 1 aliphatic rings. The van der Waals surface area contributed by atoms with E-state index in [9.17, 15) is 13.2 Å². The fourth-order valence-electron chi connectivity index (χ4n) is 3.00. The lowest BCUT2D eigenvalue weighted by Gasteiger charge is -2.27. The Balaban J connectivity index is 1.51. The number of hydrogen-bond donors (Lipinski definition) is 0. The van der Waals surface area contributed by atoms with Crippen LogP contribution in [0.3, 0.4) is 0 Å². The molecule has 0 bridgehead atoms. The molecule has 0 saturated carbocycles. The summed E-state index contributed by atoms with van der Waals surface area (Å²) in [6.07, 6.45) is 9.52. The molecule has 0 spiro atoms. The van der Waals surface area contributed by atoms with Crippen LogP contribution < -0.4 is 4.90 Å². The van der Waals surface area contributed by atoms with Gasteiger partial charge >= 0.3 is 5.51 Å². The predicted octanol–water partition coefficient (Wildman–Crippen LogP) is 4.01. The second-order valence-electron chi connectivity index (χ2n) is 6.16. The molecule has 0 aliphatic carbocycles. The van der Waals surface area contributed by atoms with Gasteiger partial charge in [-0.3, -0.25) is 4.68 Å². The van der Waals surface area contributed by atoms with Crippen LogP contribution in [-0.4, -0.2) is 38.0 Å². The number of anilines is 1. The van der Waals surface area contributed by atoms with Gasteiger partial charge in [-0.25, -0.2) is 4.52 Å². The van der Waals surface area contributed by atoms with Gasteiger partial charge in [-0.2, -0.15) is 23.4 Å². The molecule has 0 amide bonds. The van der Waals surface area contributed by atoms with E-state index in [1.54, 1.807) is 27.7 Å². The highest BCUT2D eigenvalue weighted by Crippen LogP contribution is 2.35. The summed E-state index contributed by atoms with van der Waals surface area (Å²) in [5.74, 6) is 0.351. The summed E-state index contributed by atoms with van der Waals surface area (Å²) in [6, 6.07) is 3.99. The highest BCUT2D eigenvalue weighted by Gasteiger charge is 2.32. The summed E-state index contributed by atoms with van der Waals surface area (Å²) < 4.78 is 45.0. The molecular weight excluding hydrogens is 379 g/mol. The van der Waals surface area contributed by atoms with Crippen molar-refractivity contribution in [3.05, 3.63) is 48.8 Å². The molecule has 6 nitrogen and oxygen atoms in total. The first-order valence-electron chi connectivity index (χ1n) is 8.22. The predicted molar refractivity (Wildman–Crippen MR) is 97.0 cm³/mol. The van der Waals surface area contributed by atoms with E-state index < -0.39 is 17.6 Å². The molecule has 4 heterocycles. The Hall–Kier alpha value is -2.62. The first-order chi connectivity index (χ1) is 12.9. The molecular formula is C17H16F3N5OS. The lowest BCUT2D eigenvalue weighted by molar-refractivity contribution is -0.0385. The van der Waals surface area contributed by atoms with Gasteiger partial charge in [0.1, 0.15) is 5.76 Å². The Kier molecular flexibility index (Phi) is 4.50. The van der Waals surface area contributed by atoms with Crippen LogP contribution >= 0.6 is 12.0 Å². The van der Waals surface area contributed by atoms with Crippen molar-refractivity contribution in [2.75, 3.05) is 18.0 Å². The molecule has 0 saturated heterocycles. The molecule has 1 aliphatic heterocycles. The monoisotopic (exact) mass is 395 g/mol. The summed E-state index contributed by atoms with van der Waals surface area (Å²) >= 11 is -0.468. The van der Waals surface area contributed by atoms with E-state index in [0.717, 1.165) is 22.3 Å². The van der Waals surface area contributed by atoms with E-state index >= 15 is 0 Å². The lowest BCUT2D eigenvalue weighted by atomic mass is 10.1. The maximum absolute atomic E-state index is 12.2. The van der Waals surface area contributed by atoms with Crippen molar-refractivity contribution >= 4 is 23.2 Å². The molecule has 0 aromatic carbocycles. The molecule has 142 valence electrons. The second-order valence-corrected chi connectivity index (χ2v) is 6.96. The summed E-state index contributed by atoms with van der Waals surface area (Å²) in [6.45, 7) is 1.04. The number of rotatable bonds is 4. The van der Waals surface area contributed by atoms with Gasteiger partial charge in [0, 0.05) is 50.1 Å². The normalized spacial score (nSPS) is 15.3. The third kappa shape index (κ3) is 3.90. The van der Waals surface area contributed by atoms with Crippen LogP contribution in [0.4, 0.5) is 18.9 Å². The third-order valence-corrected chi connectivity index (χ3v) is 4.77. The summed E-state index contributed by atoms with van der Waals surface area (Å²) in [5, 5.41) is 8.59. The van der Waals surface area contributed by atoms with Crippen molar-refractivity contribution in [2.24, 2.45) is 7.05 Å².